The van der Waals surface area contributed by atoms with Crippen LogP contribution in [0, 0.1) is 12.8 Å². The number of rotatable bonds is 5. The molecule has 1 aromatic rings. The van der Waals surface area contributed by atoms with Gasteiger partial charge in [0.2, 0.25) is 0 Å². The summed E-state index contributed by atoms with van der Waals surface area (Å²) in [4.78, 5) is 12.6. The highest BCUT2D eigenvalue weighted by atomic mass is 16.5. The van der Waals surface area contributed by atoms with Crippen LogP contribution >= 0.6 is 0 Å². The molecule has 0 aliphatic heterocycles. The van der Waals surface area contributed by atoms with Crippen molar-refractivity contribution in [2.75, 3.05) is 20.3 Å². The van der Waals surface area contributed by atoms with Crippen LogP contribution in [0.15, 0.2) is 42.2 Å². The number of methoxy groups -OCH3 is 1. The SMILES string of the molecule is COCCOC12C=CC(O)=C(c3ccc(C)cc3)C1C(=O)CC2. The zero-order valence-corrected chi connectivity index (χ0v) is 13.5. The minimum atomic E-state index is -0.665. The molecule has 4 nitrogen and oxygen atoms in total. The molecule has 0 amide bonds. The Morgan fingerprint density at radius 2 is 2.00 bits per heavy atom. The van der Waals surface area contributed by atoms with E-state index in [2.05, 4.69) is 0 Å². The summed E-state index contributed by atoms with van der Waals surface area (Å²) >= 11 is 0. The molecule has 2 aliphatic carbocycles. The van der Waals surface area contributed by atoms with E-state index in [9.17, 15) is 9.90 Å². The van der Waals surface area contributed by atoms with Gasteiger partial charge in [0.15, 0.2) is 0 Å². The fraction of sp³-hybridized carbons (Fsp3) is 0.421. The molecule has 1 N–H and O–H groups in total. The van der Waals surface area contributed by atoms with Crippen molar-refractivity contribution in [2.45, 2.75) is 25.4 Å². The summed E-state index contributed by atoms with van der Waals surface area (Å²) in [6.45, 7) is 2.91. The van der Waals surface area contributed by atoms with Gasteiger partial charge in [-0.15, -0.1) is 0 Å². The number of ether oxygens (including phenoxy) is 2. The Bertz CT molecular complexity index is 656. The van der Waals surface area contributed by atoms with Crippen LogP contribution in [0.2, 0.25) is 0 Å². The number of carbonyl (C=O) groups excluding carboxylic acids is 1. The molecule has 1 aromatic carbocycles. The van der Waals surface area contributed by atoms with Crippen molar-refractivity contribution in [1.29, 1.82) is 0 Å². The summed E-state index contributed by atoms with van der Waals surface area (Å²) in [6.07, 6.45) is 4.60. The molecule has 0 aromatic heterocycles. The zero-order chi connectivity index (χ0) is 16.4. The molecular weight excluding hydrogens is 292 g/mol. The van der Waals surface area contributed by atoms with Crippen molar-refractivity contribution < 1.29 is 19.4 Å². The van der Waals surface area contributed by atoms with Gasteiger partial charge in [-0.1, -0.05) is 29.8 Å². The third-order valence-electron chi connectivity index (χ3n) is 4.68. The number of ketones is 1. The van der Waals surface area contributed by atoms with E-state index in [1.807, 2.05) is 37.3 Å². The van der Waals surface area contributed by atoms with Crippen molar-refractivity contribution in [2.24, 2.45) is 5.92 Å². The molecule has 3 rings (SSSR count). The Morgan fingerprint density at radius 3 is 2.70 bits per heavy atom. The number of aliphatic hydroxyl groups excluding tert-OH is 1. The van der Waals surface area contributed by atoms with Crippen molar-refractivity contribution in [1.82, 2.24) is 0 Å². The standard InChI is InChI=1S/C19H22O4/c1-13-3-5-14(6-4-13)17-15(20)7-9-19(23-12-11-22-2)10-8-16(21)18(17)19/h3-7,9,18,20H,8,10-12H2,1-2H3. The van der Waals surface area contributed by atoms with Crippen LogP contribution in [0.3, 0.4) is 0 Å². The van der Waals surface area contributed by atoms with Gasteiger partial charge in [0.1, 0.15) is 17.1 Å². The monoisotopic (exact) mass is 314 g/mol. The van der Waals surface area contributed by atoms with Gasteiger partial charge in [0.05, 0.1) is 19.1 Å². The minimum Gasteiger partial charge on any atom is -0.508 e. The van der Waals surface area contributed by atoms with E-state index in [1.165, 1.54) is 0 Å². The fourth-order valence-corrected chi connectivity index (χ4v) is 3.49. The highest BCUT2D eigenvalue weighted by Gasteiger charge is 2.51. The maximum atomic E-state index is 12.6. The average Bonchev–Trinajstić information content (AvgIpc) is 2.87. The topological polar surface area (TPSA) is 55.8 Å². The number of hydrogen-bond acceptors (Lipinski definition) is 4. The quantitative estimate of drug-likeness (QED) is 0.848. The van der Waals surface area contributed by atoms with E-state index in [-0.39, 0.29) is 11.5 Å². The smallest absolute Gasteiger partial charge is 0.143 e. The summed E-state index contributed by atoms with van der Waals surface area (Å²) in [5.41, 5.74) is 2.02. The summed E-state index contributed by atoms with van der Waals surface area (Å²) < 4.78 is 11.1. The Hall–Kier alpha value is -1.91. The number of hydrogen-bond donors (Lipinski definition) is 1. The molecule has 4 heteroatoms. The molecule has 2 aliphatic rings. The van der Waals surface area contributed by atoms with Crippen molar-refractivity contribution in [3.05, 3.63) is 53.3 Å². The number of aliphatic hydroxyl groups is 1. The van der Waals surface area contributed by atoms with Crippen molar-refractivity contribution in [3.8, 4) is 0 Å². The van der Waals surface area contributed by atoms with Crippen molar-refractivity contribution >= 4 is 11.4 Å². The van der Waals surface area contributed by atoms with Crippen LogP contribution < -0.4 is 0 Å². The molecule has 0 heterocycles. The molecule has 122 valence electrons. The first-order valence-electron chi connectivity index (χ1n) is 7.92. The van der Waals surface area contributed by atoms with Crippen LogP contribution in [-0.2, 0) is 14.3 Å². The first-order chi connectivity index (χ1) is 11.1. The van der Waals surface area contributed by atoms with Crippen LogP contribution in [0.1, 0.15) is 24.0 Å². The molecule has 1 fully saturated rings. The van der Waals surface area contributed by atoms with E-state index < -0.39 is 11.5 Å². The zero-order valence-electron chi connectivity index (χ0n) is 13.5. The van der Waals surface area contributed by atoms with Gasteiger partial charge in [-0.25, -0.2) is 0 Å². The molecule has 2 unspecified atom stereocenters. The first kappa shape index (κ1) is 16.0. The Labute approximate surface area is 136 Å². The molecule has 23 heavy (non-hydrogen) atoms. The molecule has 0 radical (unpaired) electrons. The van der Waals surface area contributed by atoms with E-state index in [1.54, 1.807) is 13.2 Å². The van der Waals surface area contributed by atoms with Gasteiger partial charge >= 0.3 is 0 Å². The number of aryl methyl sites for hydroxylation is 1. The lowest BCUT2D eigenvalue weighted by Gasteiger charge is -2.36. The molecule has 1 saturated carbocycles. The third-order valence-corrected chi connectivity index (χ3v) is 4.68. The maximum absolute atomic E-state index is 12.6. The minimum absolute atomic E-state index is 0.119. The van der Waals surface area contributed by atoms with Gasteiger partial charge in [-0.3, -0.25) is 4.79 Å². The van der Waals surface area contributed by atoms with E-state index in [4.69, 9.17) is 9.47 Å². The lowest BCUT2D eigenvalue weighted by Crippen LogP contribution is -2.40. The lowest BCUT2D eigenvalue weighted by atomic mass is 9.76. The fourth-order valence-electron chi connectivity index (χ4n) is 3.49. The average molecular weight is 314 g/mol. The molecule has 0 spiro atoms. The Kier molecular flexibility index (Phi) is 4.37. The van der Waals surface area contributed by atoms with E-state index >= 15 is 0 Å². The van der Waals surface area contributed by atoms with Gasteiger partial charge < -0.3 is 14.6 Å². The number of fused-ring (bicyclic) bond motifs is 1. The predicted molar refractivity (Wildman–Crippen MR) is 88.2 cm³/mol. The second kappa shape index (κ2) is 6.30. The summed E-state index contributed by atoms with van der Waals surface area (Å²) in [6, 6.07) is 7.87. The Morgan fingerprint density at radius 1 is 1.26 bits per heavy atom. The van der Waals surface area contributed by atoms with Crippen LogP contribution in [0.5, 0.6) is 0 Å². The van der Waals surface area contributed by atoms with Gasteiger partial charge in [-0.2, -0.15) is 0 Å². The second-order valence-corrected chi connectivity index (χ2v) is 6.19. The number of benzene rings is 1. The highest BCUT2D eigenvalue weighted by molar-refractivity contribution is 5.98. The van der Waals surface area contributed by atoms with E-state index in [0.717, 1.165) is 11.1 Å². The van der Waals surface area contributed by atoms with Gasteiger partial charge in [-0.05, 0) is 31.1 Å². The van der Waals surface area contributed by atoms with Gasteiger partial charge in [0.25, 0.3) is 0 Å². The van der Waals surface area contributed by atoms with Crippen LogP contribution in [0.4, 0.5) is 0 Å². The Balaban J connectivity index is 1.99. The lowest BCUT2D eigenvalue weighted by molar-refractivity contribution is -0.123. The largest absolute Gasteiger partial charge is 0.508 e. The molecule has 2 atom stereocenters. The van der Waals surface area contributed by atoms with Gasteiger partial charge in [0, 0.05) is 19.1 Å². The first-order valence-corrected chi connectivity index (χ1v) is 7.92. The molecule has 0 bridgehead atoms. The third kappa shape index (κ3) is 2.84. The molecule has 0 saturated heterocycles. The van der Waals surface area contributed by atoms with E-state index in [0.29, 0.717) is 31.6 Å². The van der Waals surface area contributed by atoms with Crippen LogP contribution in [-0.4, -0.2) is 36.8 Å². The van der Waals surface area contributed by atoms with Crippen LogP contribution in [0.25, 0.3) is 5.57 Å². The van der Waals surface area contributed by atoms with Crippen molar-refractivity contribution in [3.63, 3.8) is 0 Å². The summed E-state index contributed by atoms with van der Waals surface area (Å²) in [7, 11) is 1.62. The molecular formula is C19H22O4. The predicted octanol–water partition coefficient (Wildman–Crippen LogP) is 3.21. The summed E-state index contributed by atoms with van der Waals surface area (Å²) in [5, 5.41) is 10.4. The maximum Gasteiger partial charge on any atom is 0.143 e. The number of Topliss-reactive ketones (excluding diaryl/α,β-unsaturated/α-hetero) is 1. The number of allylic oxidation sites excluding steroid dienone is 1. The normalized spacial score (nSPS) is 26.7. The number of carbonyl (C=O) groups is 1. The highest BCUT2D eigenvalue weighted by Crippen LogP contribution is 2.48. The second-order valence-electron chi connectivity index (χ2n) is 6.19. The summed E-state index contributed by atoms with van der Waals surface area (Å²) in [5.74, 6) is -0.180.